The smallest absolute Gasteiger partial charge is 0.0456 e. The van der Waals surface area contributed by atoms with E-state index in [1.165, 1.54) is 72.7 Å². The molecule has 228 valence electrons. The number of allylic oxidation sites excluding steroid dienone is 5. The molecule has 0 spiro atoms. The van der Waals surface area contributed by atoms with Crippen LogP contribution in [-0.2, 0) is 11.8 Å². The van der Waals surface area contributed by atoms with Crippen LogP contribution in [0.4, 0.5) is 0 Å². The first kappa shape index (κ1) is 29.8. The van der Waals surface area contributed by atoms with Crippen LogP contribution in [0.3, 0.4) is 0 Å². The van der Waals surface area contributed by atoms with E-state index in [1.807, 2.05) is 19.1 Å². The number of nitrogens with zero attached hydrogens (tertiary/aromatic N) is 1. The Bertz CT molecular complexity index is 2040. The molecule has 0 aliphatic heterocycles. The minimum absolute atomic E-state index is 0.0326. The highest BCUT2D eigenvalue weighted by Gasteiger charge is 2.35. The first-order valence-electron chi connectivity index (χ1n) is 16.6. The molecule has 0 saturated heterocycles. The third-order valence-electron chi connectivity index (χ3n) is 10.1. The zero-order valence-corrected chi connectivity index (χ0v) is 27.8. The van der Waals surface area contributed by atoms with Gasteiger partial charge in [-0.05, 0) is 88.9 Å². The van der Waals surface area contributed by atoms with Gasteiger partial charge in [-0.2, -0.15) is 0 Å². The maximum absolute atomic E-state index is 4.17. The van der Waals surface area contributed by atoms with Gasteiger partial charge in [-0.3, -0.25) is 0 Å². The van der Waals surface area contributed by atoms with E-state index in [4.69, 9.17) is 0 Å². The van der Waals surface area contributed by atoms with Gasteiger partial charge in [0.25, 0.3) is 0 Å². The summed E-state index contributed by atoms with van der Waals surface area (Å²) < 4.78 is 2.46. The first-order chi connectivity index (χ1) is 22.3. The maximum Gasteiger partial charge on any atom is 0.0456 e. The van der Waals surface area contributed by atoms with Crippen molar-refractivity contribution < 1.29 is 0 Å². The number of hydrogen-bond acceptors (Lipinski definition) is 0. The summed E-state index contributed by atoms with van der Waals surface area (Å²) in [5, 5.41) is 0. The average molecular weight is 598 g/mol. The van der Waals surface area contributed by atoms with Crippen molar-refractivity contribution in [3.63, 3.8) is 0 Å². The van der Waals surface area contributed by atoms with Crippen molar-refractivity contribution in [1.29, 1.82) is 0 Å². The Morgan fingerprint density at radius 3 is 2.26 bits per heavy atom. The molecular formula is C45H43N. The van der Waals surface area contributed by atoms with Gasteiger partial charge in [-0.25, -0.2) is 0 Å². The van der Waals surface area contributed by atoms with Crippen molar-refractivity contribution in [1.82, 2.24) is 4.57 Å². The Kier molecular flexibility index (Phi) is 7.65. The molecule has 0 fully saturated rings. The van der Waals surface area contributed by atoms with Gasteiger partial charge in [0.2, 0.25) is 0 Å². The summed E-state index contributed by atoms with van der Waals surface area (Å²) in [5.41, 5.74) is 18.3. The minimum Gasteiger partial charge on any atom is -0.317 e. The molecule has 2 aliphatic carbocycles. The number of aromatic nitrogens is 1. The Morgan fingerprint density at radius 1 is 0.848 bits per heavy atom. The number of fused-ring (bicyclic) bond motifs is 4. The fraction of sp³-hybridized carbons (Fsp3) is 0.200. The van der Waals surface area contributed by atoms with E-state index >= 15 is 0 Å². The molecule has 1 unspecified atom stereocenters. The molecule has 1 aromatic heterocycles. The van der Waals surface area contributed by atoms with Crippen LogP contribution in [0.1, 0.15) is 84.8 Å². The monoisotopic (exact) mass is 597 g/mol. The Hall–Kier alpha value is -4.88. The summed E-state index contributed by atoms with van der Waals surface area (Å²) in [6, 6.07) is 34.1. The van der Waals surface area contributed by atoms with E-state index in [0.29, 0.717) is 5.92 Å². The lowest BCUT2D eigenvalue weighted by molar-refractivity contribution is 0.659. The molecule has 1 atom stereocenters. The minimum atomic E-state index is 0.0326. The summed E-state index contributed by atoms with van der Waals surface area (Å²) in [6.07, 6.45) is 15.0. The average Bonchev–Trinajstić information content (AvgIpc) is 3.48. The summed E-state index contributed by atoms with van der Waals surface area (Å²) in [7, 11) is 0. The Balaban J connectivity index is 1.13. The molecule has 0 bridgehead atoms. The van der Waals surface area contributed by atoms with Crippen molar-refractivity contribution in [2.75, 3.05) is 0 Å². The summed E-state index contributed by atoms with van der Waals surface area (Å²) in [5.74, 6) is 0.457. The second kappa shape index (κ2) is 11.8. The SMILES string of the molecule is C=C(/C=C\C)/C=C\c1c2c(n(-c3ccc(-c4ccc(Cc5ccc6c(c5)C(C)(C)c5ccccc5-6)cc4)cc3)c1C)C(C)CC=C2. The van der Waals surface area contributed by atoms with Crippen LogP contribution in [-0.4, -0.2) is 4.57 Å². The van der Waals surface area contributed by atoms with Gasteiger partial charge in [0, 0.05) is 39.5 Å². The molecule has 1 nitrogen and oxygen atoms in total. The zero-order chi connectivity index (χ0) is 32.0. The van der Waals surface area contributed by atoms with Crippen LogP contribution >= 0.6 is 0 Å². The fourth-order valence-electron chi connectivity index (χ4n) is 7.64. The third-order valence-corrected chi connectivity index (χ3v) is 10.1. The topological polar surface area (TPSA) is 4.93 Å². The lowest BCUT2D eigenvalue weighted by Gasteiger charge is -2.22. The summed E-state index contributed by atoms with van der Waals surface area (Å²) in [6.45, 7) is 15.5. The van der Waals surface area contributed by atoms with Crippen LogP contribution in [0.25, 0.3) is 40.1 Å². The van der Waals surface area contributed by atoms with Gasteiger partial charge >= 0.3 is 0 Å². The van der Waals surface area contributed by atoms with E-state index in [1.54, 1.807) is 0 Å². The van der Waals surface area contributed by atoms with Crippen LogP contribution < -0.4 is 0 Å². The maximum atomic E-state index is 4.17. The van der Waals surface area contributed by atoms with E-state index < -0.39 is 0 Å². The van der Waals surface area contributed by atoms with Gasteiger partial charge in [0.15, 0.2) is 0 Å². The van der Waals surface area contributed by atoms with Gasteiger partial charge in [-0.15, -0.1) is 0 Å². The van der Waals surface area contributed by atoms with Crippen molar-refractivity contribution in [3.8, 4) is 27.9 Å². The molecule has 0 amide bonds. The quantitative estimate of drug-likeness (QED) is 0.164. The Labute approximate surface area is 275 Å². The van der Waals surface area contributed by atoms with E-state index in [9.17, 15) is 0 Å². The van der Waals surface area contributed by atoms with Crippen molar-refractivity contribution >= 4 is 12.2 Å². The standard InChI is InChI=1S/C45H43N/c1-7-11-30(2)16-26-38-32(4)46(44-31(3)12-10-14-41(38)44)37-24-22-36(23-25-37)35-20-17-33(18-21-35)28-34-19-27-40-39-13-8-9-15-42(39)45(5,6)43(40)29-34/h7-11,13-27,29,31H,2,12,28H2,1,3-6H3/b11-7-,26-16-. The molecule has 0 saturated carbocycles. The number of benzene rings is 4. The van der Waals surface area contributed by atoms with Gasteiger partial charge in [-0.1, -0.05) is 143 Å². The molecule has 4 aromatic carbocycles. The molecule has 46 heavy (non-hydrogen) atoms. The van der Waals surface area contributed by atoms with Crippen LogP contribution in [0, 0.1) is 6.92 Å². The Morgan fingerprint density at radius 2 is 1.52 bits per heavy atom. The second-order valence-corrected chi connectivity index (χ2v) is 13.6. The molecule has 5 aromatic rings. The number of rotatable bonds is 7. The summed E-state index contributed by atoms with van der Waals surface area (Å²) >= 11 is 0. The normalized spacial score (nSPS) is 16.2. The zero-order valence-electron chi connectivity index (χ0n) is 27.8. The molecule has 0 radical (unpaired) electrons. The first-order valence-corrected chi connectivity index (χ1v) is 16.6. The molecule has 0 N–H and O–H groups in total. The summed E-state index contributed by atoms with van der Waals surface area (Å²) in [4.78, 5) is 0. The van der Waals surface area contributed by atoms with Gasteiger partial charge in [0.05, 0.1) is 0 Å². The van der Waals surface area contributed by atoms with Gasteiger partial charge < -0.3 is 4.57 Å². The van der Waals surface area contributed by atoms with Crippen molar-refractivity contribution in [3.05, 3.63) is 172 Å². The second-order valence-electron chi connectivity index (χ2n) is 13.6. The lowest BCUT2D eigenvalue weighted by atomic mass is 9.81. The van der Waals surface area contributed by atoms with Crippen LogP contribution in [0.5, 0.6) is 0 Å². The highest BCUT2D eigenvalue weighted by molar-refractivity contribution is 5.81. The van der Waals surface area contributed by atoms with E-state index in [0.717, 1.165) is 18.4 Å². The fourth-order valence-corrected chi connectivity index (χ4v) is 7.64. The lowest BCUT2D eigenvalue weighted by Crippen LogP contribution is -2.15. The van der Waals surface area contributed by atoms with Crippen LogP contribution in [0.2, 0.25) is 0 Å². The molecule has 1 heterocycles. The van der Waals surface area contributed by atoms with E-state index in [2.05, 4.69) is 154 Å². The highest BCUT2D eigenvalue weighted by atomic mass is 15.0. The highest BCUT2D eigenvalue weighted by Crippen LogP contribution is 2.48. The third kappa shape index (κ3) is 5.14. The molecule has 1 heteroatoms. The van der Waals surface area contributed by atoms with Gasteiger partial charge in [0.1, 0.15) is 0 Å². The number of hydrogen-bond donors (Lipinski definition) is 0. The van der Waals surface area contributed by atoms with Crippen molar-refractivity contribution in [2.45, 2.75) is 58.8 Å². The molecule has 2 aliphatic rings. The van der Waals surface area contributed by atoms with Crippen molar-refractivity contribution in [2.24, 2.45) is 0 Å². The predicted molar refractivity (Wildman–Crippen MR) is 198 cm³/mol. The predicted octanol–water partition coefficient (Wildman–Crippen LogP) is 12.0. The van der Waals surface area contributed by atoms with E-state index in [-0.39, 0.29) is 5.41 Å². The molecular weight excluding hydrogens is 555 g/mol. The molecule has 7 rings (SSSR count). The largest absolute Gasteiger partial charge is 0.317 e. The van der Waals surface area contributed by atoms with Crippen LogP contribution in [0.15, 0.2) is 127 Å².